The second kappa shape index (κ2) is 8.09. The van der Waals surface area contributed by atoms with E-state index >= 15 is 0 Å². The van der Waals surface area contributed by atoms with Gasteiger partial charge in [0, 0.05) is 53.6 Å². The molecule has 0 radical (unpaired) electrons. The first-order valence-electron chi connectivity index (χ1n) is 9.00. The van der Waals surface area contributed by atoms with Gasteiger partial charge >= 0.3 is 6.03 Å². The third-order valence-corrected chi connectivity index (χ3v) is 5.28. The lowest BCUT2D eigenvalue weighted by Gasteiger charge is -2.07. The molecule has 4 rings (SSSR count). The van der Waals surface area contributed by atoms with Gasteiger partial charge in [0.05, 0.1) is 10.2 Å². The second-order valence-corrected chi connectivity index (χ2v) is 7.22. The van der Waals surface area contributed by atoms with Crippen LogP contribution in [-0.2, 0) is 0 Å². The Kier molecular flexibility index (Phi) is 5.18. The van der Waals surface area contributed by atoms with Crippen molar-refractivity contribution < 1.29 is 4.79 Å². The monoisotopic (exact) mass is 399 g/mol. The number of hydrogen-bond acceptors (Lipinski definition) is 5. The number of nitrogens with zero attached hydrogens (tertiary/aromatic N) is 3. The molecule has 0 saturated heterocycles. The van der Waals surface area contributed by atoms with E-state index in [-0.39, 0.29) is 6.03 Å². The summed E-state index contributed by atoms with van der Waals surface area (Å²) in [4.78, 5) is 25.0. The molecule has 2 amide bonds. The Bertz CT molecular complexity index is 1230. The molecule has 142 valence electrons. The van der Waals surface area contributed by atoms with Crippen molar-refractivity contribution in [3.05, 3.63) is 60.7 Å². The maximum Gasteiger partial charge on any atom is 0.321 e. The SMILES string of the molecule is C#Cc1cncc(-c2cc(-c3cccnc3)c3sc(NC(=O)NCC)nc3c2)c1. The maximum atomic E-state index is 11.9. The summed E-state index contributed by atoms with van der Waals surface area (Å²) < 4.78 is 0.967. The van der Waals surface area contributed by atoms with Crippen molar-refractivity contribution in [2.24, 2.45) is 0 Å². The first kappa shape index (κ1) is 18.6. The van der Waals surface area contributed by atoms with Crippen LogP contribution < -0.4 is 10.6 Å². The van der Waals surface area contributed by atoms with Gasteiger partial charge in [-0.05, 0) is 36.8 Å². The van der Waals surface area contributed by atoms with Crippen LogP contribution in [0, 0.1) is 12.3 Å². The van der Waals surface area contributed by atoms with Crippen LogP contribution in [0.4, 0.5) is 9.93 Å². The number of urea groups is 1. The summed E-state index contributed by atoms with van der Waals surface area (Å²) in [6, 6.07) is 9.58. The number of rotatable bonds is 4. The first-order chi connectivity index (χ1) is 14.2. The summed E-state index contributed by atoms with van der Waals surface area (Å²) in [6.45, 7) is 2.41. The molecule has 0 atom stereocenters. The van der Waals surface area contributed by atoms with E-state index in [0.717, 1.165) is 32.5 Å². The number of hydrogen-bond donors (Lipinski definition) is 2. The van der Waals surface area contributed by atoms with Gasteiger partial charge in [0.2, 0.25) is 0 Å². The van der Waals surface area contributed by atoms with Gasteiger partial charge in [-0.1, -0.05) is 23.3 Å². The van der Waals surface area contributed by atoms with Gasteiger partial charge in [-0.3, -0.25) is 15.3 Å². The molecular weight excluding hydrogens is 382 g/mol. The average Bonchev–Trinajstić information content (AvgIpc) is 3.16. The van der Waals surface area contributed by atoms with Crippen LogP contribution in [0.25, 0.3) is 32.5 Å². The number of aromatic nitrogens is 3. The van der Waals surface area contributed by atoms with Gasteiger partial charge in [0.1, 0.15) is 0 Å². The molecule has 4 aromatic rings. The number of pyridine rings is 2. The normalized spacial score (nSPS) is 10.5. The smallest absolute Gasteiger partial charge is 0.321 e. The van der Waals surface area contributed by atoms with Gasteiger partial charge in [0.15, 0.2) is 5.13 Å². The van der Waals surface area contributed by atoms with Crippen LogP contribution in [0.1, 0.15) is 12.5 Å². The van der Waals surface area contributed by atoms with E-state index in [2.05, 4.69) is 37.6 Å². The van der Waals surface area contributed by atoms with Crippen molar-refractivity contribution in [3.63, 3.8) is 0 Å². The number of fused-ring (bicyclic) bond motifs is 1. The van der Waals surface area contributed by atoms with Crippen molar-refractivity contribution in [2.75, 3.05) is 11.9 Å². The summed E-state index contributed by atoms with van der Waals surface area (Å²) in [6.07, 6.45) is 12.5. The molecular formula is C22H17N5OS. The molecule has 1 aromatic carbocycles. The summed E-state index contributed by atoms with van der Waals surface area (Å²) in [7, 11) is 0. The zero-order valence-corrected chi connectivity index (χ0v) is 16.5. The molecule has 2 N–H and O–H groups in total. The first-order valence-corrected chi connectivity index (χ1v) is 9.81. The van der Waals surface area contributed by atoms with E-state index in [4.69, 9.17) is 6.42 Å². The number of terminal acetylenes is 1. The topological polar surface area (TPSA) is 79.8 Å². The molecule has 3 heterocycles. The molecule has 0 aliphatic rings. The van der Waals surface area contributed by atoms with Crippen molar-refractivity contribution in [1.29, 1.82) is 0 Å². The van der Waals surface area contributed by atoms with E-state index in [1.165, 1.54) is 11.3 Å². The minimum Gasteiger partial charge on any atom is -0.338 e. The lowest BCUT2D eigenvalue weighted by Crippen LogP contribution is -2.28. The Balaban J connectivity index is 1.88. The number of thiazole rings is 1. The predicted octanol–water partition coefficient (Wildman–Crippen LogP) is 4.54. The molecule has 3 aromatic heterocycles. The summed E-state index contributed by atoms with van der Waals surface area (Å²) in [5.74, 6) is 2.62. The lowest BCUT2D eigenvalue weighted by atomic mass is 9.99. The fourth-order valence-corrected chi connectivity index (χ4v) is 3.94. The van der Waals surface area contributed by atoms with Crippen LogP contribution in [0.2, 0.25) is 0 Å². The number of nitrogens with one attached hydrogen (secondary N) is 2. The standard InChI is InChI=1S/C22H17N5OS/c1-3-14-8-17(13-24-11-14)16-9-18(15-6-5-7-23-12-15)20-19(10-16)26-22(29-20)27-21(28)25-4-2/h1,5-13H,4H2,2H3,(H2,25,26,27,28). The van der Waals surface area contributed by atoms with Crippen LogP contribution in [0.15, 0.2) is 55.1 Å². The Hall–Kier alpha value is -3.76. The Morgan fingerprint density at radius 3 is 2.76 bits per heavy atom. The van der Waals surface area contributed by atoms with E-state index in [1.807, 2.05) is 37.4 Å². The van der Waals surface area contributed by atoms with Crippen molar-refractivity contribution in [1.82, 2.24) is 20.3 Å². The molecule has 0 unspecified atom stereocenters. The molecule has 7 heteroatoms. The highest BCUT2D eigenvalue weighted by Crippen LogP contribution is 2.38. The average molecular weight is 399 g/mol. The van der Waals surface area contributed by atoms with Gasteiger partial charge in [-0.15, -0.1) is 6.42 Å². The highest BCUT2D eigenvalue weighted by molar-refractivity contribution is 7.22. The third kappa shape index (κ3) is 3.93. The van der Waals surface area contributed by atoms with E-state index in [1.54, 1.807) is 18.6 Å². The number of carbonyl (C=O) groups excluding carboxylic acids is 1. The van der Waals surface area contributed by atoms with Crippen LogP contribution >= 0.6 is 11.3 Å². The Morgan fingerprint density at radius 2 is 2.00 bits per heavy atom. The summed E-state index contributed by atoms with van der Waals surface area (Å²) >= 11 is 1.43. The Labute approximate surface area is 172 Å². The van der Waals surface area contributed by atoms with Crippen LogP contribution in [-0.4, -0.2) is 27.5 Å². The highest BCUT2D eigenvalue weighted by atomic mass is 32.1. The zero-order chi connectivity index (χ0) is 20.2. The fourth-order valence-electron chi connectivity index (χ4n) is 2.97. The molecule has 6 nitrogen and oxygen atoms in total. The Morgan fingerprint density at radius 1 is 1.14 bits per heavy atom. The highest BCUT2D eigenvalue weighted by Gasteiger charge is 2.14. The summed E-state index contributed by atoms with van der Waals surface area (Å²) in [5, 5.41) is 6.04. The summed E-state index contributed by atoms with van der Waals surface area (Å²) in [5.41, 5.74) is 5.29. The molecule has 0 bridgehead atoms. The fraction of sp³-hybridized carbons (Fsp3) is 0.0909. The van der Waals surface area contributed by atoms with Crippen LogP contribution in [0.5, 0.6) is 0 Å². The maximum absolute atomic E-state index is 11.9. The molecule has 0 saturated carbocycles. The molecule has 0 aliphatic carbocycles. The molecule has 0 spiro atoms. The van der Waals surface area contributed by atoms with Crippen LogP contribution in [0.3, 0.4) is 0 Å². The lowest BCUT2D eigenvalue weighted by molar-refractivity contribution is 0.252. The van der Waals surface area contributed by atoms with Gasteiger partial charge in [0.25, 0.3) is 0 Å². The van der Waals surface area contributed by atoms with Crippen molar-refractivity contribution in [3.8, 4) is 34.6 Å². The largest absolute Gasteiger partial charge is 0.338 e. The molecule has 0 fully saturated rings. The molecule has 29 heavy (non-hydrogen) atoms. The second-order valence-electron chi connectivity index (χ2n) is 6.22. The number of benzene rings is 1. The third-order valence-electron chi connectivity index (χ3n) is 4.26. The minimum absolute atomic E-state index is 0.277. The number of amides is 2. The predicted molar refractivity (Wildman–Crippen MR) is 117 cm³/mol. The van der Waals surface area contributed by atoms with Crippen molar-refractivity contribution >= 4 is 32.7 Å². The van der Waals surface area contributed by atoms with E-state index < -0.39 is 0 Å². The van der Waals surface area contributed by atoms with E-state index in [0.29, 0.717) is 17.2 Å². The minimum atomic E-state index is -0.277. The van der Waals surface area contributed by atoms with Gasteiger partial charge in [-0.2, -0.15) is 0 Å². The molecule has 0 aliphatic heterocycles. The quantitative estimate of drug-likeness (QED) is 0.494. The van der Waals surface area contributed by atoms with Gasteiger partial charge in [-0.25, -0.2) is 9.78 Å². The van der Waals surface area contributed by atoms with Gasteiger partial charge < -0.3 is 5.32 Å². The zero-order valence-electron chi connectivity index (χ0n) is 15.6. The van der Waals surface area contributed by atoms with Crippen molar-refractivity contribution in [2.45, 2.75) is 6.92 Å². The van der Waals surface area contributed by atoms with E-state index in [9.17, 15) is 4.79 Å². The number of carbonyl (C=O) groups is 1. The number of anilines is 1.